The number of ether oxygens (including phenoxy) is 3. The van der Waals surface area contributed by atoms with Gasteiger partial charge >= 0.3 is 164 Å². The SMILES string of the molecule is COCOc1cc(C)cc2c1C(=O)c1c(cc[c]([Sn]([CH3])([CH3])[CH3])c1OC)C2=O. The molecule has 0 radical (unpaired) electrons. The summed E-state index contributed by atoms with van der Waals surface area (Å²) < 4.78 is 17.3. The molecule has 2 aromatic rings. The molecule has 142 valence electrons. The van der Waals surface area contributed by atoms with Crippen LogP contribution in [0.3, 0.4) is 0 Å². The zero-order valence-corrected chi connectivity index (χ0v) is 19.4. The zero-order valence-electron chi connectivity index (χ0n) is 16.6. The van der Waals surface area contributed by atoms with Crippen LogP contribution in [0.4, 0.5) is 0 Å². The summed E-state index contributed by atoms with van der Waals surface area (Å²) >= 11 is -2.57. The maximum absolute atomic E-state index is 13.5. The maximum atomic E-state index is 13.5. The van der Waals surface area contributed by atoms with Gasteiger partial charge in [0.15, 0.2) is 0 Å². The Hall–Kier alpha value is -1.86. The van der Waals surface area contributed by atoms with E-state index in [1.807, 2.05) is 13.0 Å². The van der Waals surface area contributed by atoms with Crippen LogP contribution in [0.15, 0.2) is 24.3 Å². The molecule has 1 aliphatic carbocycles. The number of ketones is 2. The van der Waals surface area contributed by atoms with Crippen molar-refractivity contribution in [1.82, 2.24) is 0 Å². The number of aryl methyl sites for hydroxylation is 1. The normalized spacial score (nSPS) is 13.3. The van der Waals surface area contributed by atoms with Crippen molar-refractivity contribution >= 4 is 33.5 Å². The molecule has 0 atom stereocenters. The quantitative estimate of drug-likeness (QED) is 0.419. The average Bonchev–Trinajstić information content (AvgIpc) is 2.61. The van der Waals surface area contributed by atoms with Crippen molar-refractivity contribution in [1.29, 1.82) is 0 Å². The van der Waals surface area contributed by atoms with Gasteiger partial charge in [0, 0.05) is 0 Å². The van der Waals surface area contributed by atoms with Gasteiger partial charge in [-0.05, 0) is 0 Å². The Labute approximate surface area is 163 Å². The number of rotatable bonds is 5. The predicted octanol–water partition coefficient (Wildman–Crippen LogP) is 3.31. The summed E-state index contributed by atoms with van der Waals surface area (Å²) in [6.07, 6.45) is 0. The monoisotopic (exact) mass is 476 g/mol. The topological polar surface area (TPSA) is 61.8 Å². The molecule has 0 aromatic heterocycles. The molecule has 0 N–H and O–H groups in total. The number of carbonyl (C=O) groups is 2. The third kappa shape index (κ3) is 3.38. The van der Waals surface area contributed by atoms with Crippen LogP contribution >= 0.6 is 0 Å². The molecule has 0 unspecified atom stereocenters. The van der Waals surface area contributed by atoms with Crippen molar-refractivity contribution in [2.75, 3.05) is 21.0 Å². The second kappa shape index (κ2) is 7.28. The van der Waals surface area contributed by atoms with E-state index in [2.05, 4.69) is 14.8 Å². The summed E-state index contributed by atoms with van der Waals surface area (Å²) in [6.45, 7) is 1.87. The van der Waals surface area contributed by atoms with Gasteiger partial charge < -0.3 is 0 Å². The van der Waals surface area contributed by atoms with Gasteiger partial charge in [-0.25, -0.2) is 0 Å². The first-order valence-corrected chi connectivity index (χ1v) is 18.8. The van der Waals surface area contributed by atoms with Crippen molar-refractivity contribution in [3.63, 3.8) is 0 Å². The van der Waals surface area contributed by atoms with E-state index in [4.69, 9.17) is 14.2 Å². The molecule has 3 rings (SSSR count). The number of methoxy groups -OCH3 is 2. The van der Waals surface area contributed by atoms with E-state index in [9.17, 15) is 9.59 Å². The van der Waals surface area contributed by atoms with Crippen LogP contribution in [-0.2, 0) is 4.74 Å². The van der Waals surface area contributed by atoms with Crippen LogP contribution in [0.25, 0.3) is 0 Å². The van der Waals surface area contributed by atoms with Crippen LogP contribution in [0, 0.1) is 6.92 Å². The molecule has 27 heavy (non-hydrogen) atoms. The van der Waals surface area contributed by atoms with Gasteiger partial charge in [-0.3, -0.25) is 0 Å². The van der Waals surface area contributed by atoms with Crippen molar-refractivity contribution in [2.45, 2.75) is 21.7 Å². The van der Waals surface area contributed by atoms with Gasteiger partial charge in [-0.1, -0.05) is 0 Å². The number of fused-ring (bicyclic) bond motifs is 2. The second-order valence-corrected chi connectivity index (χ2v) is 22.1. The Kier molecular flexibility index (Phi) is 5.36. The molecule has 0 fully saturated rings. The Morgan fingerprint density at radius 2 is 1.63 bits per heavy atom. The zero-order chi connectivity index (χ0) is 19.9. The minimum absolute atomic E-state index is 0.000159. The fourth-order valence-electron chi connectivity index (χ4n) is 3.47. The van der Waals surface area contributed by atoms with E-state index in [0.29, 0.717) is 28.2 Å². The molecule has 0 saturated heterocycles. The van der Waals surface area contributed by atoms with E-state index >= 15 is 0 Å². The molecule has 0 saturated carbocycles. The van der Waals surface area contributed by atoms with E-state index in [-0.39, 0.29) is 23.9 Å². The minimum atomic E-state index is -2.57. The Bertz CT molecular complexity index is 941. The van der Waals surface area contributed by atoms with Gasteiger partial charge in [0.2, 0.25) is 0 Å². The summed E-state index contributed by atoms with van der Waals surface area (Å²) in [5, 5.41) is 0. The summed E-state index contributed by atoms with van der Waals surface area (Å²) in [7, 11) is 3.07. The predicted molar refractivity (Wildman–Crippen MR) is 107 cm³/mol. The summed E-state index contributed by atoms with van der Waals surface area (Å²) in [4.78, 5) is 33.4. The van der Waals surface area contributed by atoms with E-state index in [1.54, 1.807) is 25.3 Å². The molecule has 2 aromatic carbocycles. The molecule has 0 amide bonds. The second-order valence-electron chi connectivity index (χ2n) is 7.71. The van der Waals surface area contributed by atoms with E-state index < -0.39 is 18.4 Å². The van der Waals surface area contributed by atoms with Gasteiger partial charge in [-0.15, -0.1) is 0 Å². The molecule has 0 heterocycles. The molecule has 1 aliphatic rings. The fraction of sp³-hybridized carbons (Fsp3) is 0.333. The summed E-state index contributed by atoms with van der Waals surface area (Å²) in [6, 6.07) is 7.23. The summed E-state index contributed by atoms with van der Waals surface area (Å²) in [5.74, 6) is 0.486. The molecule has 0 aliphatic heterocycles. The van der Waals surface area contributed by atoms with Gasteiger partial charge in [0.25, 0.3) is 0 Å². The van der Waals surface area contributed by atoms with Crippen LogP contribution < -0.4 is 13.1 Å². The van der Waals surface area contributed by atoms with Crippen LogP contribution in [-0.4, -0.2) is 51.0 Å². The number of hydrogen-bond acceptors (Lipinski definition) is 5. The first-order valence-electron chi connectivity index (χ1n) is 8.78. The number of benzene rings is 2. The van der Waals surface area contributed by atoms with Crippen molar-refractivity contribution in [2.24, 2.45) is 0 Å². The van der Waals surface area contributed by atoms with Gasteiger partial charge in [0.1, 0.15) is 0 Å². The third-order valence-electron chi connectivity index (χ3n) is 4.69. The third-order valence-corrected chi connectivity index (χ3v) is 10.4. The first-order chi connectivity index (χ1) is 12.7. The average molecular weight is 475 g/mol. The Morgan fingerprint density at radius 3 is 2.22 bits per heavy atom. The summed E-state index contributed by atoms with van der Waals surface area (Å²) in [5.41, 5.74) is 2.25. The van der Waals surface area contributed by atoms with Crippen molar-refractivity contribution < 1.29 is 23.8 Å². The number of carbonyl (C=O) groups excluding carboxylic acids is 2. The first kappa shape index (κ1) is 19.9. The molecule has 0 spiro atoms. The van der Waals surface area contributed by atoms with Crippen molar-refractivity contribution in [3.05, 3.63) is 52.1 Å². The van der Waals surface area contributed by atoms with Crippen LogP contribution in [0.1, 0.15) is 37.4 Å². The molecule has 6 heteroatoms. The molecule has 0 bridgehead atoms. The number of hydrogen-bond donors (Lipinski definition) is 0. The molecular weight excluding hydrogens is 451 g/mol. The van der Waals surface area contributed by atoms with Crippen molar-refractivity contribution in [3.8, 4) is 11.5 Å². The fourth-order valence-corrected chi connectivity index (χ4v) is 7.73. The van der Waals surface area contributed by atoms with Crippen LogP contribution in [0.5, 0.6) is 11.5 Å². The van der Waals surface area contributed by atoms with Gasteiger partial charge in [-0.2, -0.15) is 0 Å². The van der Waals surface area contributed by atoms with Crippen LogP contribution in [0.2, 0.25) is 14.8 Å². The van der Waals surface area contributed by atoms with E-state index in [0.717, 1.165) is 9.14 Å². The van der Waals surface area contributed by atoms with E-state index in [1.165, 1.54) is 7.11 Å². The molecular formula is C21H24O5Sn. The van der Waals surface area contributed by atoms with Gasteiger partial charge in [0.05, 0.1) is 0 Å². The Balaban J connectivity index is 2.30. The molecule has 5 nitrogen and oxygen atoms in total. The Morgan fingerprint density at radius 1 is 0.926 bits per heavy atom. The standard InChI is InChI=1S/C18H15O5.3CH3.Sn/c1-10-7-12-16(14(8-10)23-9-21-2)18(20)15-11(17(12)19)5-4-6-13(15)22-3;;;;/h4-5,7-8H,9H2,1-3H3;3*1H3;.